The van der Waals surface area contributed by atoms with E-state index in [4.69, 9.17) is 9.47 Å². The van der Waals surface area contributed by atoms with Crippen LogP contribution in [-0.4, -0.2) is 41.1 Å². The molecule has 0 spiro atoms. The number of hydrogen-bond donors (Lipinski definition) is 0. The summed E-state index contributed by atoms with van der Waals surface area (Å²) in [7, 11) is 2.86. The maximum Gasteiger partial charge on any atom is 0.217 e. The van der Waals surface area contributed by atoms with Gasteiger partial charge < -0.3 is 9.47 Å². The van der Waals surface area contributed by atoms with Crippen molar-refractivity contribution in [2.75, 3.05) is 14.2 Å². The minimum atomic E-state index is -0.836. The molecule has 0 N–H and O–H groups in total. The van der Waals surface area contributed by atoms with Crippen molar-refractivity contribution in [3.8, 4) is 0 Å². The summed E-state index contributed by atoms with van der Waals surface area (Å²) in [6, 6.07) is 0.175. The van der Waals surface area contributed by atoms with Crippen molar-refractivity contribution in [2.24, 2.45) is 0 Å². The molecule has 1 rings (SSSR count). The number of hydrogen-bond acceptors (Lipinski definition) is 5. The topological polar surface area (TPSA) is 66.2 Å². The number of aromatic nitrogens is 3. The first-order valence-electron chi connectivity index (χ1n) is 5.06. The Morgan fingerprint density at radius 1 is 1.44 bits per heavy atom. The van der Waals surface area contributed by atoms with Gasteiger partial charge in [-0.1, -0.05) is 0 Å². The van der Waals surface area contributed by atoms with Crippen LogP contribution in [0.4, 0.5) is 0 Å². The normalized spacial score (nSPS) is 11.4. The van der Waals surface area contributed by atoms with Crippen LogP contribution in [0.3, 0.4) is 0 Å². The first-order chi connectivity index (χ1) is 7.60. The maximum atomic E-state index is 11.7. The van der Waals surface area contributed by atoms with Crippen LogP contribution in [0.2, 0.25) is 0 Å². The summed E-state index contributed by atoms with van der Waals surface area (Å²) in [5, 5.41) is 4.05. The third-order valence-electron chi connectivity index (χ3n) is 2.16. The van der Waals surface area contributed by atoms with Gasteiger partial charge in [-0.3, -0.25) is 4.79 Å². The lowest BCUT2D eigenvalue weighted by molar-refractivity contribution is -0.156. The van der Waals surface area contributed by atoms with Crippen LogP contribution >= 0.6 is 0 Å². The first-order valence-corrected chi connectivity index (χ1v) is 5.06. The molecule has 6 nitrogen and oxygen atoms in total. The Morgan fingerprint density at radius 3 is 2.56 bits per heavy atom. The Kier molecular flexibility index (Phi) is 4.57. The van der Waals surface area contributed by atoms with E-state index in [9.17, 15) is 4.79 Å². The lowest BCUT2D eigenvalue weighted by Gasteiger charge is -2.13. The van der Waals surface area contributed by atoms with E-state index in [0.29, 0.717) is 5.82 Å². The standard InChI is InChI=1S/C10H17N3O3/c1-7(2)13-9(11-6-12-13)5-8(14)10(15-3)16-4/h6-7,10H,5H2,1-4H3. The molecular formula is C10H17N3O3. The highest BCUT2D eigenvalue weighted by Crippen LogP contribution is 2.07. The SMILES string of the molecule is COC(OC)C(=O)Cc1ncnn1C(C)C. The quantitative estimate of drug-likeness (QED) is 0.665. The van der Waals surface area contributed by atoms with Crippen LogP contribution in [0.1, 0.15) is 25.7 Å². The fourth-order valence-corrected chi connectivity index (χ4v) is 1.43. The molecule has 0 fully saturated rings. The van der Waals surface area contributed by atoms with Gasteiger partial charge in [-0.25, -0.2) is 9.67 Å². The maximum absolute atomic E-state index is 11.7. The van der Waals surface area contributed by atoms with E-state index < -0.39 is 6.29 Å². The molecular weight excluding hydrogens is 210 g/mol. The summed E-state index contributed by atoms with van der Waals surface area (Å²) in [4.78, 5) is 15.8. The molecule has 0 radical (unpaired) electrons. The minimum absolute atomic E-state index is 0.157. The van der Waals surface area contributed by atoms with E-state index in [1.807, 2.05) is 13.8 Å². The average molecular weight is 227 g/mol. The van der Waals surface area contributed by atoms with Crippen molar-refractivity contribution < 1.29 is 14.3 Å². The monoisotopic (exact) mass is 227 g/mol. The molecule has 0 unspecified atom stereocenters. The number of ether oxygens (including phenoxy) is 2. The molecule has 6 heteroatoms. The van der Waals surface area contributed by atoms with Crippen LogP contribution in [0.5, 0.6) is 0 Å². The predicted octanol–water partition coefficient (Wildman–Crippen LogP) is 0.589. The van der Waals surface area contributed by atoms with Crippen LogP contribution in [-0.2, 0) is 20.7 Å². The van der Waals surface area contributed by atoms with E-state index in [1.54, 1.807) is 4.68 Å². The van der Waals surface area contributed by atoms with Gasteiger partial charge in [0.15, 0.2) is 5.78 Å². The smallest absolute Gasteiger partial charge is 0.217 e. The van der Waals surface area contributed by atoms with Gasteiger partial charge in [0, 0.05) is 20.3 Å². The van der Waals surface area contributed by atoms with Crippen molar-refractivity contribution in [1.29, 1.82) is 0 Å². The molecule has 0 aromatic carbocycles. The molecule has 1 aromatic heterocycles. The summed E-state index contributed by atoms with van der Waals surface area (Å²) >= 11 is 0. The first kappa shape index (κ1) is 12.8. The largest absolute Gasteiger partial charge is 0.349 e. The fraction of sp³-hybridized carbons (Fsp3) is 0.700. The Morgan fingerprint density at radius 2 is 2.06 bits per heavy atom. The molecule has 0 saturated heterocycles. The summed E-state index contributed by atoms with van der Waals surface area (Å²) in [5.41, 5.74) is 0. The molecule has 90 valence electrons. The third-order valence-corrected chi connectivity index (χ3v) is 2.16. The van der Waals surface area contributed by atoms with E-state index in [-0.39, 0.29) is 18.2 Å². The van der Waals surface area contributed by atoms with Crippen LogP contribution < -0.4 is 0 Å². The third kappa shape index (κ3) is 2.86. The van der Waals surface area contributed by atoms with Crippen molar-refractivity contribution >= 4 is 5.78 Å². The molecule has 1 aromatic rings. The lowest BCUT2D eigenvalue weighted by atomic mass is 10.2. The van der Waals surface area contributed by atoms with E-state index in [0.717, 1.165) is 0 Å². The number of Topliss-reactive ketones (excluding diaryl/α,β-unsaturated/α-hetero) is 1. The number of rotatable bonds is 6. The summed E-state index contributed by atoms with van der Waals surface area (Å²) in [6.45, 7) is 3.96. The second-order valence-electron chi connectivity index (χ2n) is 3.66. The number of carbonyl (C=O) groups excluding carboxylic acids is 1. The molecule has 16 heavy (non-hydrogen) atoms. The highest BCUT2D eigenvalue weighted by atomic mass is 16.7. The van der Waals surface area contributed by atoms with E-state index in [1.165, 1.54) is 20.5 Å². The van der Waals surface area contributed by atoms with Gasteiger partial charge in [-0.05, 0) is 13.8 Å². The molecule has 0 aliphatic heterocycles. The highest BCUT2D eigenvalue weighted by molar-refractivity contribution is 5.83. The zero-order valence-electron chi connectivity index (χ0n) is 10.0. The molecule has 0 aliphatic carbocycles. The number of ketones is 1. The Hall–Kier alpha value is -1.27. The zero-order valence-corrected chi connectivity index (χ0v) is 10.0. The molecule has 0 amide bonds. The zero-order chi connectivity index (χ0) is 12.1. The van der Waals surface area contributed by atoms with Crippen molar-refractivity contribution in [3.63, 3.8) is 0 Å². The molecule has 0 bridgehead atoms. The number of methoxy groups -OCH3 is 2. The molecule has 1 heterocycles. The predicted molar refractivity (Wildman–Crippen MR) is 56.9 cm³/mol. The summed E-state index contributed by atoms with van der Waals surface area (Å²) < 4.78 is 11.5. The van der Waals surface area contributed by atoms with Gasteiger partial charge in [0.25, 0.3) is 0 Å². The van der Waals surface area contributed by atoms with Crippen LogP contribution in [0.25, 0.3) is 0 Å². The van der Waals surface area contributed by atoms with Crippen molar-refractivity contribution in [3.05, 3.63) is 12.2 Å². The van der Waals surface area contributed by atoms with Gasteiger partial charge in [0.1, 0.15) is 12.2 Å². The second kappa shape index (κ2) is 5.72. The van der Waals surface area contributed by atoms with Gasteiger partial charge >= 0.3 is 0 Å². The van der Waals surface area contributed by atoms with Crippen LogP contribution in [0, 0.1) is 0 Å². The second-order valence-corrected chi connectivity index (χ2v) is 3.66. The van der Waals surface area contributed by atoms with Crippen molar-refractivity contribution in [1.82, 2.24) is 14.8 Å². The van der Waals surface area contributed by atoms with Gasteiger partial charge in [0.2, 0.25) is 6.29 Å². The highest BCUT2D eigenvalue weighted by Gasteiger charge is 2.20. The Bertz CT molecular complexity index is 345. The van der Waals surface area contributed by atoms with Gasteiger partial charge in [-0.15, -0.1) is 0 Å². The number of nitrogens with zero attached hydrogens (tertiary/aromatic N) is 3. The Labute approximate surface area is 94.6 Å². The lowest BCUT2D eigenvalue weighted by Crippen LogP contribution is -2.27. The van der Waals surface area contributed by atoms with Gasteiger partial charge in [0.05, 0.1) is 6.42 Å². The summed E-state index contributed by atoms with van der Waals surface area (Å²) in [5.74, 6) is 0.457. The van der Waals surface area contributed by atoms with E-state index >= 15 is 0 Å². The fourth-order valence-electron chi connectivity index (χ4n) is 1.43. The summed E-state index contributed by atoms with van der Waals surface area (Å²) in [6.07, 6.45) is 0.763. The molecule has 0 saturated carbocycles. The minimum Gasteiger partial charge on any atom is -0.349 e. The number of carbonyl (C=O) groups is 1. The van der Waals surface area contributed by atoms with Gasteiger partial charge in [-0.2, -0.15) is 5.10 Å². The van der Waals surface area contributed by atoms with E-state index in [2.05, 4.69) is 10.1 Å². The Balaban J connectivity index is 2.72. The van der Waals surface area contributed by atoms with Crippen molar-refractivity contribution in [2.45, 2.75) is 32.6 Å². The average Bonchev–Trinajstić information content (AvgIpc) is 2.67. The molecule has 0 aliphatic rings. The molecule has 0 atom stereocenters. The van der Waals surface area contributed by atoms with Crippen LogP contribution in [0.15, 0.2) is 6.33 Å².